The van der Waals surface area contributed by atoms with Gasteiger partial charge in [0.1, 0.15) is 19.0 Å². The van der Waals surface area contributed by atoms with Crippen LogP contribution in [-0.2, 0) is 9.53 Å². The molecular weight excluding hydrogens is 274 g/mol. The lowest BCUT2D eigenvalue weighted by Gasteiger charge is -2.11. The first kappa shape index (κ1) is 13.4. The van der Waals surface area contributed by atoms with Gasteiger partial charge in [-0.25, -0.2) is 4.79 Å². The van der Waals surface area contributed by atoms with Gasteiger partial charge >= 0.3 is 5.97 Å². The Bertz CT molecular complexity index is 335. The topological polar surface area (TPSA) is 35.5 Å². The van der Waals surface area contributed by atoms with Crippen molar-refractivity contribution in [2.24, 2.45) is 0 Å². The third-order valence-corrected chi connectivity index (χ3v) is 2.02. The molecule has 0 aliphatic carbocycles. The molecule has 6 heteroatoms. The average molecular weight is 284 g/mol. The van der Waals surface area contributed by atoms with Gasteiger partial charge in [-0.1, -0.05) is 53.0 Å². The van der Waals surface area contributed by atoms with E-state index < -0.39 is 9.76 Å². The predicted molar refractivity (Wildman–Crippen MR) is 63.2 cm³/mol. The third kappa shape index (κ3) is 4.92. The first-order valence-corrected chi connectivity index (χ1v) is 5.55. The van der Waals surface area contributed by atoms with Gasteiger partial charge in [-0.05, 0) is 12.1 Å². The highest BCUT2D eigenvalue weighted by molar-refractivity contribution is 6.75. The number of para-hydroxylation sites is 1. The summed E-state index contributed by atoms with van der Waals surface area (Å²) in [5.41, 5.74) is 0. The Morgan fingerprint density at radius 1 is 1.12 bits per heavy atom. The smallest absolute Gasteiger partial charge is 0.358 e. The number of hydrogen-bond acceptors (Lipinski definition) is 3. The molecule has 88 valence electrons. The summed E-state index contributed by atoms with van der Waals surface area (Å²) in [5, 5.41) is 0. The fraction of sp³-hybridized carbons (Fsp3) is 0.300. The second-order valence-corrected chi connectivity index (χ2v) is 5.08. The Hall–Kier alpha value is -0.640. The lowest BCUT2D eigenvalue weighted by molar-refractivity contribution is -0.143. The van der Waals surface area contributed by atoms with Gasteiger partial charge < -0.3 is 9.47 Å². The lowest BCUT2D eigenvalue weighted by atomic mass is 10.3. The molecular formula is C10H9Cl3O3. The summed E-state index contributed by atoms with van der Waals surface area (Å²) < 4.78 is 7.90. The second kappa shape index (κ2) is 6.18. The summed E-state index contributed by atoms with van der Waals surface area (Å²) >= 11 is 15.9. The molecule has 16 heavy (non-hydrogen) atoms. The molecule has 0 radical (unpaired) electrons. The Labute approximate surface area is 108 Å². The minimum absolute atomic E-state index is 0.0294. The van der Waals surface area contributed by atoms with Crippen molar-refractivity contribution in [2.45, 2.75) is 3.79 Å². The Balaban J connectivity index is 2.20. The molecule has 3 nitrogen and oxygen atoms in total. The quantitative estimate of drug-likeness (QED) is 0.484. The molecule has 0 saturated carbocycles. The maximum Gasteiger partial charge on any atom is 0.358 e. The predicted octanol–water partition coefficient (Wildman–Crippen LogP) is 2.98. The van der Waals surface area contributed by atoms with E-state index in [4.69, 9.17) is 39.5 Å². The van der Waals surface area contributed by atoms with E-state index in [1.165, 1.54) is 0 Å². The average Bonchev–Trinajstić information content (AvgIpc) is 2.24. The molecule has 0 unspecified atom stereocenters. The zero-order chi connectivity index (χ0) is 12.0. The monoisotopic (exact) mass is 282 g/mol. The molecule has 0 aliphatic rings. The van der Waals surface area contributed by atoms with E-state index in [2.05, 4.69) is 4.74 Å². The van der Waals surface area contributed by atoms with Crippen LogP contribution in [0.4, 0.5) is 0 Å². The van der Waals surface area contributed by atoms with Crippen molar-refractivity contribution in [3.63, 3.8) is 0 Å². The molecule has 0 bridgehead atoms. The molecule has 1 rings (SSSR count). The van der Waals surface area contributed by atoms with E-state index in [1.54, 1.807) is 12.1 Å². The van der Waals surface area contributed by atoms with Gasteiger partial charge in [0.2, 0.25) is 0 Å². The van der Waals surface area contributed by atoms with E-state index in [9.17, 15) is 4.79 Å². The highest BCUT2D eigenvalue weighted by atomic mass is 35.6. The van der Waals surface area contributed by atoms with Crippen LogP contribution in [0.5, 0.6) is 5.75 Å². The first-order valence-electron chi connectivity index (χ1n) is 4.42. The van der Waals surface area contributed by atoms with Crippen molar-refractivity contribution in [2.75, 3.05) is 13.2 Å². The molecule has 0 heterocycles. The molecule has 0 aliphatic heterocycles. The van der Waals surface area contributed by atoms with E-state index in [0.29, 0.717) is 5.75 Å². The van der Waals surface area contributed by atoms with Gasteiger partial charge in [0.05, 0.1) is 0 Å². The molecule has 0 atom stereocenters. The van der Waals surface area contributed by atoms with Gasteiger partial charge in [0.25, 0.3) is 3.79 Å². The summed E-state index contributed by atoms with van der Waals surface area (Å²) in [5.74, 6) is -0.221. The summed E-state index contributed by atoms with van der Waals surface area (Å²) in [6.45, 7) is 0.234. The third-order valence-electron chi connectivity index (χ3n) is 1.56. The van der Waals surface area contributed by atoms with Crippen LogP contribution in [0, 0.1) is 0 Å². The highest BCUT2D eigenvalue weighted by Gasteiger charge is 2.32. The fourth-order valence-electron chi connectivity index (χ4n) is 0.892. The van der Waals surface area contributed by atoms with Crippen LogP contribution in [-0.4, -0.2) is 23.0 Å². The van der Waals surface area contributed by atoms with Crippen LogP contribution in [0.2, 0.25) is 0 Å². The van der Waals surface area contributed by atoms with Crippen LogP contribution in [0.1, 0.15) is 0 Å². The molecule has 0 fully saturated rings. The number of carbonyl (C=O) groups is 1. The van der Waals surface area contributed by atoms with Crippen LogP contribution in [0.3, 0.4) is 0 Å². The number of rotatable bonds is 4. The highest BCUT2D eigenvalue weighted by Crippen LogP contribution is 2.27. The van der Waals surface area contributed by atoms with Crippen LogP contribution < -0.4 is 4.74 Å². The number of esters is 1. The normalized spacial score (nSPS) is 10.9. The Kier molecular flexibility index (Phi) is 5.19. The zero-order valence-corrected chi connectivity index (χ0v) is 10.4. The molecule has 0 amide bonds. The number of hydrogen-bond donors (Lipinski definition) is 0. The maximum absolute atomic E-state index is 11.0. The van der Waals surface area contributed by atoms with Gasteiger partial charge in [-0.15, -0.1) is 0 Å². The lowest BCUT2D eigenvalue weighted by Crippen LogP contribution is -2.24. The summed E-state index contributed by atoms with van der Waals surface area (Å²) in [7, 11) is 0. The standard InChI is InChI=1S/C10H9Cl3O3/c11-10(12,13)9(14)16-7-6-15-8-4-2-1-3-5-8/h1-5H,6-7H2. The van der Waals surface area contributed by atoms with Crippen LogP contribution in [0.15, 0.2) is 30.3 Å². The van der Waals surface area contributed by atoms with Crippen molar-refractivity contribution < 1.29 is 14.3 Å². The van der Waals surface area contributed by atoms with Gasteiger partial charge in [-0.3, -0.25) is 0 Å². The fourth-order valence-corrected chi connectivity index (χ4v) is 1.06. The van der Waals surface area contributed by atoms with Crippen molar-refractivity contribution in [3.8, 4) is 5.75 Å². The number of carbonyl (C=O) groups excluding carboxylic acids is 1. The summed E-state index contributed by atoms with van der Waals surface area (Å²) in [6.07, 6.45) is 0. The largest absolute Gasteiger partial charge is 0.490 e. The molecule has 1 aromatic rings. The number of ether oxygens (including phenoxy) is 2. The molecule has 0 spiro atoms. The zero-order valence-electron chi connectivity index (χ0n) is 8.16. The SMILES string of the molecule is O=C(OCCOc1ccccc1)C(Cl)(Cl)Cl. The summed E-state index contributed by atoms with van der Waals surface area (Å²) in [4.78, 5) is 11.0. The van der Waals surface area contributed by atoms with Crippen molar-refractivity contribution in [1.82, 2.24) is 0 Å². The molecule has 0 aromatic heterocycles. The van der Waals surface area contributed by atoms with Crippen molar-refractivity contribution in [3.05, 3.63) is 30.3 Å². The van der Waals surface area contributed by atoms with E-state index >= 15 is 0 Å². The second-order valence-electron chi connectivity index (χ2n) is 2.80. The van der Waals surface area contributed by atoms with Gasteiger partial charge in [0.15, 0.2) is 0 Å². The molecule has 1 aromatic carbocycles. The van der Waals surface area contributed by atoms with Gasteiger partial charge in [-0.2, -0.15) is 0 Å². The van der Waals surface area contributed by atoms with Crippen LogP contribution in [0.25, 0.3) is 0 Å². The Morgan fingerprint density at radius 2 is 1.75 bits per heavy atom. The van der Waals surface area contributed by atoms with E-state index in [-0.39, 0.29) is 13.2 Å². The minimum atomic E-state index is -2.03. The van der Waals surface area contributed by atoms with Crippen molar-refractivity contribution >= 4 is 40.8 Å². The van der Waals surface area contributed by atoms with Gasteiger partial charge in [0, 0.05) is 0 Å². The van der Waals surface area contributed by atoms with E-state index in [0.717, 1.165) is 0 Å². The van der Waals surface area contributed by atoms with Crippen LogP contribution >= 0.6 is 34.8 Å². The van der Waals surface area contributed by atoms with E-state index in [1.807, 2.05) is 18.2 Å². The maximum atomic E-state index is 11.0. The molecule has 0 N–H and O–H groups in total. The number of alkyl halides is 3. The summed E-state index contributed by atoms with van der Waals surface area (Å²) in [6, 6.07) is 9.12. The number of benzene rings is 1. The first-order chi connectivity index (χ1) is 7.50. The minimum Gasteiger partial charge on any atom is -0.490 e. The van der Waals surface area contributed by atoms with Crippen molar-refractivity contribution in [1.29, 1.82) is 0 Å². The number of halogens is 3. The Morgan fingerprint density at radius 3 is 2.31 bits per heavy atom. The molecule has 0 saturated heterocycles.